The number of hydrogen-bond donors (Lipinski definition) is 0. The van der Waals surface area contributed by atoms with Crippen molar-refractivity contribution in [3.8, 4) is 0 Å². The van der Waals surface area contributed by atoms with Crippen LogP contribution in [0.5, 0.6) is 0 Å². The van der Waals surface area contributed by atoms with Gasteiger partial charge in [0.15, 0.2) is 0 Å². The highest BCUT2D eigenvalue weighted by Crippen LogP contribution is 2.33. The van der Waals surface area contributed by atoms with E-state index in [9.17, 15) is 4.79 Å². The zero-order chi connectivity index (χ0) is 18.5. The van der Waals surface area contributed by atoms with Crippen molar-refractivity contribution in [3.05, 3.63) is 77.9 Å². The van der Waals surface area contributed by atoms with Gasteiger partial charge in [0.25, 0.3) is 0 Å². The summed E-state index contributed by atoms with van der Waals surface area (Å²) in [6, 6.07) is 19.4. The van der Waals surface area contributed by atoms with Crippen LogP contribution < -0.4 is 0 Å². The van der Waals surface area contributed by atoms with E-state index in [1.54, 1.807) is 12.1 Å². The molecule has 2 aromatic carbocycles. The summed E-state index contributed by atoms with van der Waals surface area (Å²) >= 11 is 0. The fourth-order valence-electron chi connectivity index (χ4n) is 4.05. The van der Waals surface area contributed by atoms with Gasteiger partial charge in [-0.15, -0.1) is 0 Å². The van der Waals surface area contributed by atoms with Gasteiger partial charge in [0.05, 0.1) is 17.8 Å². The molecule has 0 saturated heterocycles. The Morgan fingerprint density at radius 2 is 1.48 bits per heavy atom. The molecular formula is C24H26O3. The van der Waals surface area contributed by atoms with Gasteiger partial charge in [0.1, 0.15) is 6.10 Å². The zero-order valence-corrected chi connectivity index (χ0v) is 15.6. The van der Waals surface area contributed by atoms with Gasteiger partial charge in [0.2, 0.25) is 0 Å². The second-order valence-corrected chi connectivity index (χ2v) is 7.41. The molecule has 140 valence electrons. The van der Waals surface area contributed by atoms with Crippen molar-refractivity contribution in [1.29, 1.82) is 0 Å². The zero-order valence-electron chi connectivity index (χ0n) is 15.6. The Morgan fingerprint density at radius 3 is 2.19 bits per heavy atom. The monoisotopic (exact) mass is 362 g/mol. The lowest BCUT2D eigenvalue weighted by Crippen LogP contribution is -2.29. The van der Waals surface area contributed by atoms with Crippen LogP contribution in [-0.2, 0) is 9.47 Å². The summed E-state index contributed by atoms with van der Waals surface area (Å²) in [5, 5.41) is 0. The molecule has 2 aromatic rings. The molecule has 3 nitrogen and oxygen atoms in total. The minimum absolute atomic E-state index is 0.106. The number of ether oxygens (including phenoxy) is 2. The Hall–Kier alpha value is -2.39. The molecule has 2 atom stereocenters. The van der Waals surface area contributed by atoms with E-state index in [1.807, 2.05) is 36.4 Å². The molecule has 27 heavy (non-hydrogen) atoms. The van der Waals surface area contributed by atoms with E-state index < -0.39 is 0 Å². The first-order valence-electron chi connectivity index (χ1n) is 9.98. The minimum atomic E-state index is -0.266. The lowest BCUT2D eigenvalue weighted by molar-refractivity contribution is -0.000854. The van der Waals surface area contributed by atoms with Crippen molar-refractivity contribution in [2.45, 2.75) is 56.8 Å². The third-order valence-corrected chi connectivity index (χ3v) is 5.46. The van der Waals surface area contributed by atoms with Crippen LogP contribution in [-0.4, -0.2) is 24.3 Å². The summed E-state index contributed by atoms with van der Waals surface area (Å²) in [4.78, 5) is 12.6. The molecular weight excluding hydrogens is 336 g/mol. The number of esters is 1. The van der Waals surface area contributed by atoms with E-state index in [4.69, 9.17) is 9.47 Å². The van der Waals surface area contributed by atoms with Crippen molar-refractivity contribution in [2.75, 3.05) is 0 Å². The van der Waals surface area contributed by atoms with Gasteiger partial charge in [-0.1, -0.05) is 61.4 Å². The lowest BCUT2D eigenvalue weighted by Gasteiger charge is -2.30. The summed E-state index contributed by atoms with van der Waals surface area (Å²) in [7, 11) is 0. The van der Waals surface area contributed by atoms with Crippen molar-refractivity contribution in [1.82, 2.24) is 0 Å². The van der Waals surface area contributed by atoms with Crippen LogP contribution in [0.4, 0.5) is 0 Å². The van der Waals surface area contributed by atoms with E-state index >= 15 is 0 Å². The number of rotatable bonds is 5. The van der Waals surface area contributed by atoms with Gasteiger partial charge in [-0.05, 0) is 55.0 Å². The van der Waals surface area contributed by atoms with Gasteiger partial charge < -0.3 is 9.47 Å². The van der Waals surface area contributed by atoms with E-state index in [-0.39, 0.29) is 18.2 Å². The third kappa shape index (κ3) is 4.48. The third-order valence-electron chi connectivity index (χ3n) is 5.46. The average Bonchev–Trinajstić information content (AvgIpc) is 3.23. The average molecular weight is 362 g/mol. The Balaban J connectivity index is 1.54. The quantitative estimate of drug-likeness (QED) is 0.667. The summed E-state index contributed by atoms with van der Waals surface area (Å²) < 4.78 is 12.2. The van der Waals surface area contributed by atoms with Gasteiger partial charge in [0, 0.05) is 0 Å². The Bertz CT molecular complexity index is 776. The van der Waals surface area contributed by atoms with E-state index in [2.05, 4.69) is 18.2 Å². The van der Waals surface area contributed by atoms with Gasteiger partial charge in [-0.3, -0.25) is 0 Å². The second-order valence-electron chi connectivity index (χ2n) is 7.41. The molecule has 2 aliphatic rings. The fourth-order valence-corrected chi connectivity index (χ4v) is 4.05. The van der Waals surface area contributed by atoms with Crippen LogP contribution in [0.1, 0.15) is 54.4 Å². The molecule has 3 heteroatoms. The highest BCUT2D eigenvalue weighted by atomic mass is 16.5. The molecule has 0 unspecified atom stereocenters. The van der Waals surface area contributed by atoms with Gasteiger partial charge >= 0.3 is 5.97 Å². The van der Waals surface area contributed by atoms with Crippen molar-refractivity contribution < 1.29 is 14.3 Å². The summed E-state index contributed by atoms with van der Waals surface area (Å²) in [6.07, 6.45) is 8.98. The molecule has 0 aromatic heterocycles. The molecule has 2 aliphatic carbocycles. The molecule has 4 rings (SSSR count). The molecule has 0 bridgehead atoms. The molecule has 0 amide bonds. The van der Waals surface area contributed by atoms with Crippen molar-refractivity contribution in [3.63, 3.8) is 0 Å². The van der Waals surface area contributed by atoms with Crippen LogP contribution in [0.2, 0.25) is 0 Å². The maximum absolute atomic E-state index is 12.6. The lowest BCUT2D eigenvalue weighted by atomic mass is 9.89. The molecule has 0 spiro atoms. The number of hydrogen-bond acceptors (Lipinski definition) is 3. The van der Waals surface area contributed by atoms with Crippen LogP contribution in [0.25, 0.3) is 5.57 Å². The van der Waals surface area contributed by atoms with Crippen molar-refractivity contribution in [2.24, 2.45) is 0 Å². The number of carbonyl (C=O) groups is 1. The predicted octanol–water partition coefficient (Wildman–Crippen LogP) is 5.42. The first-order chi connectivity index (χ1) is 13.3. The number of carbonyl (C=O) groups excluding carboxylic acids is 1. The standard InChI is InChI=1S/C24H26O3/c25-24(19-11-5-2-6-12-19)27-23-16-15-21(26-20-13-7-8-14-20)17-22(23)18-9-3-1-4-10-18/h1-6,9-12,17,20-21,23H,7-8,13-16H2/t21-,23-/m1/s1. The van der Waals surface area contributed by atoms with Gasteiger partial charge in [-0.25, -0.2) is 4.79 Å². The molecule has 0 N–H and O–H groups in total. The second kappa shape index (κ2) is 8.53. The highest BCUT2D eigenvalue weighted by molar-refractivity contribution is 5.90. The highest BCUT2D eigenvalue weighted by Gasteiger charge is 2.29. The predicted molar refractivity (Wildman–Crippen MR) is 106 cm³/mol. The fraction of sp³-hybridized carbons (Fsp3) is 0.375. The van der Waals surface area contributed by atoms with Crippen LogP contribution >= 0.6 is 0 Å². The Kier molecular flexibility index (Phi) is 5.69. The molecule has 0 heterocycles. The van der Waals surface area contributed by atoms with E-state index in [0.29, 0.717) is 11.7 Å². The minimum Gasteiger partial charge on any atom is -0.454 e. The smallest absolute Gasteiger partial charge is 0.338 e. The molecule has 1 fully saturated rings. The first-order valence-corrected chi connectivity index (χ1v) is 9.98. The molecule has 0 aliphatic heterocycles. The Morgan fingerprint density at radius 1 is 0.815 bits per heavy atom. The van der Waals surface area contributed by atoms with Gasteiger partial charge in [-0.2, -0.15) is 0 Å². The molecule has 0 radical (unpaired) electrons. The maximum Gasteiger partial charge on any atom is 0.338 e. The topological polar surface area (TPSA) is 35.5 Å². The van der Waals surface area contributed by atoms with Crippen LogP contribution in [0.15, 0.2) is 66.7 Å². The van der Waals surface area contributed by atoms with Crippen LogP contribution in [0, 0.1) is 0 Å². The Labute approximate surface area is 161 Å². The number of benzene rings is 2. The summed E-state index contributed by atoms with van der Waals surface area (Å²) in [6.45, 7) is 0. The normalized spacial score (nSPS) is 23.0. The van der Waals surface area contributed by atoms with E-state index in [1.165, 1.54) is 12.8 Å². The maximum atomic E-state index is 12.6. The van der Waals surface area contributed by atoms with Crippen molar-refractivity contribution >= 4 is 11.5 Å². The largest absolute Gasteiger partial charge is 0.454 e. The molecule has 1 saturated carbocycles. The summed E-state index contributed by atoms with van der Waals surface area (Å²) in [5.74, 6) is -0.266. The van der Waals surface area contributed by atoms with Crippen LogP contribution in [0.3, 0.4) is 0 Å². The SMILES string of the molecule is O=C(O[C@@H]1CC[C@@H](OC2CCCC2)C=C1c1ccccc1)c1ccccc1. The van der Waals surface area contributed by atoms with E-state index in [0.717, 1.165) is 36.8 Å². The first kappa shape index (κ1) is 18.0. The summed E-state index contributed by atoms with van der Waals surface area (Å²) in [5.41, 5.74) is 2.76.